The summed E-state index contributed by atoms with van der Waals surface area (Å²) >= 11 is 0. The predicted molar refractivity (Wildman–Crippen MR) is 57.6 cm³/mol. The quantitative estimate of drug-likeness (QED) is 0.523. The van der Waals surface area contributed by atoms with Crippen LogP contribution in [0.5, 0.6) is 0 Å². The molecule has 0 heterocycles. The Hall–Kier alpha value is 0. The highest BCUT2D eigenvalue weighted by Crippen LogP contribution is 2.65. The molecule has 0 aromatic carbocycles. The molecular formula is C13H24. The van der Waals surface area contributed by atoms with Gasteiger partial charge in [0.2, 0.25) is 0 Å². The van der Waals surface area contributed by atoms with Crippen molar-refractivity contribution in [2.75, 3.05) is 0 Å². The van der Waals surface area contributed by atoms with Crippen LogP contribution in [0.3, 0.4) is 0 Å². The van der Waals surface area contributed by atoms with Crippen molar-refractivity contribution in [1.82, 2.24) is 0 Å². The van der Waals surface area contributed by atoms with E-state index in [4.69, 9.17) is 0 Å². The van der Waals surface area contributed by atoms with E-state index in [1.165, 1.54) is 25.7 Å². The van der Waals surface area contributed by atoms with E-state index in [-0.39, 0.29) is 0 Å². The summed E-state index contributed by atoms with van der Waals surface area (Å²) in [6.45, 7) is 12.3. The van der Waals surface area contributed by atoms with Crippen LogP contribution in [0.2, 0.25) is 0 Å². The fourth-order valence-corrected chi connectivity index (χ4v) is 4.58. The van der Waals surface area contributed by atoms with Gasteiger partial charge in [-0.25, -0.2) is 0 Å². The second-order valence-corrected chi connectivity index (χ2v) is 7.44. The van der Waals surface area contributed by atoms with Crippen LogP contribution in [0.25, 0.3) is 0 Å². The van der Waals surface area contributed by atoms with Crippen molar-refractivity contribution in [1.29, 1.82) is 0 Å². The minimum atomic E-state index is 0.621. The smallest absolute Gasteiger partial charge is 0.0287 e. The van der Waals surface area contributed by atoms with Crippen molar-refractivity contribution in [3.8, 4) is 0 Å². The third-order valence-corrected chi connectivity index (χ3v) is 4.35. The Bertz CT molecular complexity index is 202. The van der Waals surface area contributed by atoms with Crippen molar-refractivity contribution >= 4 is 0 Å². The molecule has 0 atom stereocenters. The van der Waals surface area contributed by atoms with Crippen molar-refractivity contribution in [3.05, 3.63) is 0 Å². The van der Waals surface area contributed by atoms with E-state index in [0.29, 0.717) is 16.2 Å². The first-order valence-corrected chi connectivity index (χ1v) is 5.73. The molecular weight excluding hydrogens is 156 g/mol. The van der Waals surface area contributed by atoms with Gasteiger partial charge < -0.3 is 0 Å². The lowest BCUT2D eigenvalue weighted by Gasteiger charge is -2.28. The summed E-state index contributed by atoms with van der Waals surface area (Å²) in [5.74, 6) is 1.01. The van der Waals surface area contributed by atoms with Gasteiger partial charge in [-0.3, -0.25) is 0 Å². The van der Waals surface area contributed by atoms with Crippen LogP contribution >= 0.6 is 0 Å². The lowest BCUT2D eigenvalue weighted by atomic mass is 9.77. The maximum Gasteiger partial charge on any atom is -0.0287 e. The maximum absolute atomic E-state index is 2.53. The predicted octanol–water partition coefficient (Wildman–Crippen LogP) is 4.25. The molecule has 0 radical (unpaired) electrons. The highest BCUT2D eigenvalue weighted by atomic mass is 14.6. The van der Waals surface area contributed by atoms with Gasteiger partial charge in [-0.15, -0.1) is 0 Å². The molecule has 0 heteroatoms. The Morgan fingerprint density at radius 1 is 0.769 bits per heavy atom. The molecule has 2 aliphatic carbocycles. The summed E-state index contributed by atoms with van der Waals surface area (Å²) < 4.78 is 0. The first-order valence-electron chi connectivity index (χ1n) is 5.73. The second kappa shape index (κ2) is 2.32. The van der Waals surface area contributed by atoms with Crippen LogP contribution in [-0.4, -0.2) is 0 Å². The minimum Gasteiger partial charge on any atom is -0.0599 e. The van der Waals surface area contributed by atoms with Crippen molar-refractivity contribution in [3.63, 3.8) is 0 Å². The summed E-state index contributed by atoms with van der Waals surface area (Å²) in [5.41, 5.74) is 1.92. The third kappa shape index (κ3) is 1.53. The topological polar surface area (TPSA) is 0 Å². The van der Waals surface area contributed by atoms with Gasteiger partial charge in [0.15, 0.2) is 0 Å². The highest BCUT2D eigenvalue weighted by Gasteiger charge is 2.54. The number of fused-ring (bicyclic) bond motifs is 1. The minimum absolute atomic E-state index is 0.621. The number of hydrogen-bond donors (Lipinski definition) is 0. The van der Waals surface area contributed by atoms with E-state index in [1.54, 1.807) is 0 Å². The van der Waals surface area contributed by atoms with E-state index in [9.17, 15) is 0 Å². The molecule has 2 aliphatic rings. The summed E-state index contributed by atoms with van der Waals surface area (Å²) in [6, 6.07) is 0. The summed E-state index contributed by atoms with van der Waals surface area (Å²) in [5, 5.41) is 0. The van der Waals surface area contributed by atoms with Crippen LogP contribution in [0.4, 0.5) is 0 Å². The van der Waals surface area contributed by atoms with Crippen molar-refractivity contribution in [2.24, 2.45) is 22.2 Å². The zero-order valence-electron chi connectivity index (χ0n) is 9.91. The van der Waals surface area contributed by atoms with Gasteiger partial charge in [0.05, 0.1) is 0 Å². The van der Waals surface area contributed by atoms with Crippen molar-refractivity contribution in [2.45, 2.75) is 60.3 Å². The molecule has 0 aromatic heterocycles. The lowest BCUT2D eigenvalue weighted by molar-refractivity contribution is 0.225. The van der Waals surface area contributed by atoms with Crippen LogP contribution in [-0.2, 0) is 0 Å². The fraction of sp³-hybridized carbons (Fsp3) is 1.00. The molecule has 2 fully saturated rings. The monoisotopic (exact) mass is 180 g/mol. The average Bonchev–Trinajstić information content (AvgIpc) is 2.06. The molecule has 0 saturated heterocycles. The summed E-state index contributed by atoms with van der Waals surface area (Å²) in [6.07, 6.45) is 5.84. The molecule has 0 nitrogen and oxygen atoms in total. The molecule has 2 saturated carbocycles. The Kier molecular flexibility index (Phi) is 1.71. The lowest BCUT2D eigenvalue weighted by Crippen LogP contribution is -2.18. The van der Waals surface area contributed by atoms with Crippen molar-refractivity contribution < 1.29 is 0 Å². The first kappa shape index (κ1) is 9.55. The molecule has 76 valence electrons. The van der Waals surface area contributed by atoms with Gasteiger partial charge in [-0.1, -0.05) is 34.6 Å². The normalized spacial score (nSPS) is 46.4. The van der Waals surface area contributed by atoms with Crippen LogP contribution in [0, 0.1) is 22.2 Å². The Balaban J connectivity index is 2.20. The largest absolute Gasteiger partial charge is 0.0599 e. The zero-order chi connectivity index (χ0) is 9.91. The first-order chi connectivity index (χ1) is 5.73. The standard InChI is InChI=1S/C13H24/c1-11(2)6-10-7-12(3,4)9-13(10,5)8-11/h10H,6-9H2,1-5H3. The number of hydrogen-bond acceptors (Lipinski definition) is 0. The van der Waals surface area contributed by atoms with Crippen LogP contribution in [0.15, 0.2) is 0 Å². The Labute approximate surface area is 83.1 Å². The second-order valence-electron chi connectivity index (χ2n) is 7.44. The molecule has 0 aromatic rings. The fourth-order valence-electron chi connectivity index (χ4n) is 4.58. The summed E-state index contributed by atoms with van der Waals surface area (Å²) in [4.78, 5) is 0. The maximum atomic E-state index is 2.53. The molecule has 0 bridgehead atoms. The zero-order valence-corrected chi connectivity index (χ0v) is 9.91. The number of rotatable bonds is 0. The van der Waals surface area contributed by atoms with Gasteiger partial charge in [-0.2, -0.15) is 0 Å². The van der Waals surface area contributed by atoms with Gasteiger partial charge in [-0.05, 0) is 47.8 Å². The molecule has 0 unspecified atom stereocenters. The van der Waals surface area contributed by atoms with Crippen LogP contribution in [0.1, 0.15) is 60.3 Å². The highest BCUT2D eigenvalue weighted by molar-refractivity contribution is 5.05. The van der Waals surface area contributed by atoms with Gasteiger partial charge >= 0.3 is 0 Å². The van der Waals surface area contributed by atoms with E-state index in [1.807, 2.05) is 0 Å². The molecule has 0 spiro atoms. The third-order valence-electron chi connectivity index (χ3n) is 4.35. The molecule has 0 N–H and O–H groups in total. The molecule has 13 heavy (non-hydrogen) atoms. The average molecular weight is 180 g/mol. The molecule has 0 aliphatic heterocycles. The van der Waals surface area contributed by atoms with Gasteiger partial charge in [0.1, 0.15) is 0 Å². The van der Waals surface area contributed by atoms with Gasteiger partial charge in [0.25, 0.3) is 0 Å². The Morgan fingerprint density at radius 2 is 1.15 bits per heavy atom. The summed E-state index contributed by atoms with van der Waals surface area (Å²) in [7, 11) is 0. The van der Waals surface area contributed by atoms with E-state index < -0.39 is 0 Å². The van der Waals surface area contributed by atoms with Crippen LogP contribution < -0.4 is 0 Å². The van der Waals surface area contributed by atoms with E-state index in [2.05, 4.69) is 34.6 Å². The van der Waals surface area contributed by atoms with E-state index >= 15 is 0 Å². The molecule has 0 amide bonds. The van der Waals surface area contributed by atoms with Gasteiger partial charge in [0, 0.05) is 0 Å². The SMILES string of the molecule is CC1(C)CC2CC(C)(C)CC2(C)C1. The molecule has 2 rings (SSSR count). The van der Waals surface area contributed by atoms with E-state index in [0.717, 1.165) is 5.92 Å². The Morgan fingerprint density at radius 3 is 1.46 bits per heavy atom.